The maximum atomic E-state index is 9.14. The van der Waals surface area contributed by atoms with Gasteiger partial charge in [0.1, 0.15) is 6.07 Å². The fraction of sp³-hybridized carbons (Fsp3) is 0.200. The topological polar surface area (TPSA) is 48.7 Å². The van der Waals surface area contributed by atoms with E-state index in [0.717, 1.165) is 29.6 Å². The number of anilines is 1. The third-order valence-corrected chi connectivity index (χ3v) is 2.74. The first-order valence-corrected chi connectivity index (χ1v) is 5.99. The van der Waals surface area contributed by atoms with Crippen LogP contribution in [0, 0.1) is 11.3 Å². The van der Waals surface area contributed by atoms with Gasteiger partial charge in [-0.15, -0.1) is 0 Å². The summed E-state index contributed by atoms with van der Waals surface area (Å²) in [6.07, 6.45) is 6.69. The highest BCUT2D eigenvalue weighted by molar-refractivity contribution is 5.93. The second-order valence-corrected chi connectivity index (χ2v) is 3.96. The Morgan fingerprint density at radius 1 is 1.39 bits per heavy atom. The number of rotatable bonds is 4. The van der Waals surface area contributed by atoms with Crippen LogP contribution in [0.15, 0.2) is 42.6 Å². The van der Waals surface area contributed by atoms with Crippen LogP contribution in [0.4, 0.5) is 5.69 Å². The summed E-state index contributed by atoms with van der Waals surface area (Å²) in [5.74, 6) is 0. The number of benzene rings is 1. The van der Waals surface area contributed by atoms with Gasteiger partial charge < -0.3 is 5.32 Å². The van der Waals surface area contributed by atoms with Crippen molar-refractivity contribution in [1.82, 2.24) is 4.98 Å². The molecule has 0 radical (unpaired) electrons. The van der Waals surface area contributed by atoms with E-state index in [1.54, 1.807) is 6.20 Å². The average molecular weight is 237 g/mol. The molecule has 0 aliphatic heterocycles. The van der Waals surface area contributed by atoms with Crippen molar-refractivity contribution in [3.8, 4) is 6.07 Å². The number of allylic oxidation sites excluding steroid dienone is 1. The molecule has 2 aromatic rings. The Morgan fingerprint density at radius 3 is 3.00 bits per heavy atom. The van der Waals surface area contributed by atoms with Gasteiger partial charge in [0.2, 0.25) is 0 Å². The maximum absolute atomic E-state index is 9.14. The van der Waals surface area contributed by atoms with E-state index in [1.807, 2.05) is 37.3 Å². The molecule has 0 unspecified atom stereocenters. The van der Waals surface area contributed by atoms with Gasteiger partial charge in [-0.25, -0.2) is 0 Å². The summed E-state index contributed by atoms with van der Waals surface area (Å²) >= 11 is 0. The summed E-state index contributed by atoms with van der Waals surface area (Å²) in [7, 11) is 0. The van der Waals surface area contributed by atoms with Crippen LogP contribution in [-0.2, 0) is 0 Å². The van der Waals surface area contributed by atoms with Gasteiger partial charge in [-0.1, -0.05) is 30.4 Å². The van der Waals surface area contributed by atoms with Gasteiger partial charge in [0.25, 0.3) is 0 Å². The minimum Gasteiger partial charge on any atom is -0.383 e. The third kappa shape index (κ3) is 2.49. The Labute approximate surface area is 107 Å². The molecule has 0 amide bonds. The highest BCUT2D eigenvalue weighted by Crippen LogP contribution is 2.25. The van der Waals surface area contributed by atoms with Crippen LogP contribution in [0.1, 0.15) is 18.9 Å². The summed E-state index contributed by atoms with van der Waals surface area (Å²) in [6.45, 7) is 2.82. The molecule has 2 rings (SSSR count). The monoisotopic (exact) mass is 237 g/mol. The van der Waals surface area contributed by atoms with E-state index in [2.05, 4.69) is 22.4 Å². The molecule has 90 valence electrons. The first-order valence-electron chi connectivity index (χ1n) is 5.99. The van der Waals surface area contributed by atoms with Crippen LogP contribution in [0.3, 0.4) is 0 Å². The second kappa shape index (κ2) is 5.83. The minimum absolute atomic E-state index is 0.592. The predicted molar refractivity (Wildman–Crippen MR) is 74.4 cm³/mol. The molecule has 1 N–H and O–H groups in total. The molecule has 0 fully saturated rings. The smallest absolute Gasteiger partial charge is 0.103 e. The van der Waals surface area contributed by atoms with Gasteiger partial charge in [-0.2, -0.15) is 5.26 Å². The predicted octanol–water partition coefficient (Wildman–Crippen LogP) is 3.48. The zero-order valence-electron chi connectivity index (χ0n) is 10.4. The van der Waals surface area contributed by atoms with Gasteiger partial charge in [0.15, 0.2) is 0 Å². The highest BCUT2D eigenvalue weighted by atomic mass is 14.9. The average Bonchev–Trinajstić information content (AvgIpc) is 2.43. The van der Waals surface area contributed by atoms with Crippen molar-refractivity contribution in [2.75, 3.05) is 11.9 Å². The van der Waals surface area contributed by atoms with E-state index < -0.39 is 0 Å². The molecule has 1 aromatic heterocycles. The molecule has 0 aliphatic rings. The summed E-state index contributed by atoms with van der Waals surface area (Å²) in [5.41, 5.74) is 2.38. The lowest BCUT2D eigenvalue weighted by atomic mass is 10.1. The Hall–Kier alpha value is -2.34. The standard InChI is InChI=1S/C15H15N3/c1-2-3-6-9-17-15-12(10-16)11-18-14-8-5-4-7-13(14)15/h2-5,7-8,11H,6,9H2,1H3,(H,17,18)/b3-2+. The third-order valence-electron chi connectivity index (χ3n) is 2.74. The number of hydrogen-bond donors (Lipinski definition) is 1. The number of para-hydroxylation sites is 1. The molecule has 0 atom stereocenters. The van der Waals surface area contributed by atoms with Crippen LogP contribution in [0.25, 0.3) is 10.9 Å². The summed E-state index contributed by atoms with van der Waals surface area (Å²) in [6, 6.07) is 10.0. The molecule has 1 aromatic carbocycles. The van der Waals surface area contributed by atoms with Crippen LogP contribution in [-0.4, -0.2) is 11.5 Å². The van der Waals surface area contributed by atoms with Crippen LogP contribution < -0.4 is 5.32 Å². The molecule has 0 aliphatic carbocycles. The van der Waals surface area contributed by atoms with Gasteiger partial charge in [-0.3, -0.25) is 4.98 Å². The Kier molecular flexibility index (Phi) is 3.93. The van der Waals surface area contributed by atoms with Gasteiger partial charge >= 0.3 is 0 Å². The quantitative estimate of drug-likeness (QED) is 0.654. The number of nitriles is 1. The minimum atomic E-state index is 0.592. The van der Waals surface area contributed by atoms with E-state index in [9.17, 15) is 0 Å². The SMILES string of the molecule is C/C=C/CCNc1c(C#N)cnc2ccccc12. The number of hydrogen-bond acceptors (Lipinski definition) is 3. The molecular formula is C15H15N3. The Morgan fingerprint density at radius 2 is 2.22 bits per heavy atom. The molecule has 0 spiro atoms. The zero-order valence-corrected chi connectivity index (χ0v) is 10.4. The van der Waals surface area contributed by atoms with Crippen LogP contribution >= 0.6 is 0 Å². The number of nitrogens with zero attached hydrogens (tertiary/aromatic N) is 2. The Balaban J connectivity index is 2.36. The van der Waals surface area contributed by atoms with Crippen molar-refractivity contribution in [1.29, 1.82) is 5.26 Å². The highest BCUT2D eigenvalue weighted by Gasteiger charge is 2.07. The zero-order chi connectivity index (χ0) is 12.8. The number of nitrogens with one attached hydrogen (secondary N) is 1. The largest absolute Gasteiger partial charge is 0.383 e. The molecular weight excluding hydrogens is 222 g/mol. The first-order chi connectivity index (χ1) is 8.86. The van der Waals surface area contributed by atoms with Crippen molar-refractivity contribution >= 4 is 16.6 Å². The lowest BCUT2D eigenvalue weighted by molar-refractivity contribution is 1.06. The van der Waals surface area contributed by atoms with Crippen LogP contribution in [0.5, 0.6) is 0 Å². The molecule has 3 nitrogen and oxygen atoms in total. The first kappa shape index (κ1) is 12.1. The summed E-state index contributed by atoms with van der Waals surface area (Å²) in [5, 5.41) is 13.5. The van der Waals surface area contributed by atoms with Gasteiger partial charge in [-0.05, 0) is 19.4 Å². The van der Waals surface area contributed by atoms with E-state index in [0.29, 0.717) is 5.56 Å². The van der Waals surface area contributed by atoms with E-state index >= 15 is 0 Å². The number of aromatic nitrogens is 1. The molecule has 18 heavy (non-hydrogen) atoms. The van der Waals surface area contributed by atoms with Crippen molar-refractivity contribution in [2.24, 2.45) is 0 Å². The molecule has 0 bridgehead atoms. The number of fused-ring (bicyclic) bond motifs is 1. The second-order valence-electron chi connectivity index (χ2n) is 3.96. The van der Waals surface area contributed by atoms with E-state index in [4.69, 9.17) is 5.26 Å². The maximum Gasteiger partial charge on any atom is 0.103 e. The summed E-state index contributed by atoms with van der Waals surface area (Å²) < 4.78 is 0. The van der Waals surface area contributed by atoms with Gasteiger partial charge in [0.05, 0.1) is 16.8 Å². The van der Waals surface area contributed by atoms with E-state index in [1.165, 1.54) is 0 Å². The fourth-order valence-corrected chi connectivity index (χ4v) is 1.86. The molecule has 1 heterocycles. The van der Waals surface area contributed by atoms with Crippen molar-refractivity contribution in [3.05, 3.63) is 48.2 Å². The Bertz CT molecular complexity index is 609. The van der Waals surface area contributed by atoms with E-state index in [-0.39, 0.29) is 0 Å². The fourth-order valence-electron chi connectivity index (χ4n) is 1.86. The molecule has 3 heteroatoms. The molecule has 0 saturated heterocycles. The van der Waals surface area contributed by atoms with Crippen molar-refractivity contribution in [2.45, 2.75) is 13.3 Å². The van der Waals surface area contributed by atoms with Crippen molar-refractivity contribution in [3.63, 3.8) is 0 Å². The van der Waals surface area contributed by atoms with Crippen LogP contribution in [0.2, 0.25) is 0 Å². The molecule has 0 saturated carbocycles. The van der Waals surface area contributed by atoms with Gasteiger partial charge in [0, 0.05) is 18.1 Å². The van der Waals surface area contributed by atoms with Crippen molar-refractivity contribution < 1.29 is 0 Å². The normalized spacial score (nSPS) is 10.7. The summed E-state index contributed by atoms with van der Waals surface area (Å²) in [4.78, 5) is 4.28. The lowest BCUT2D eigenvalue weighted by Crippen LogP contribution is -2.03. The number of pyridine rings is 1. The lowest BCUT2D eigenvalue weighted by Gasteiger charge is -2.10.